The molecule has 6 fully saturated rings. The SMILES string of the molecule is C1CCC(N2COC3CCC(CC4CCC5OCN(C6CCCCC6)CC5C4)CC3C2)CC1.[HH]. The highest BCUT2D eigenvalue weighted by molar-refractivity contribution is 4.92. The number of nitrogens with zero attached hydrogens (tertiary/aromatic N) is 2. The summed E-state index contributed by atoms with van der Waals surface area (Å²) >= 11 is 0. The van der Waals surface area contributed by atoms with Gasteiger partial charge in [0.1, 0.15) is 0 Å². The fourth-order valence-electron chi connectivity index (χ4n) is 8.88. The van der Waals surface area contributed by atoms with Gasteiger partial charge in [0.05, 0.1) is 25.7 Å². The van der Waals surface area contributed by atoms with Crippen LogP contribution >= 0.6 is 0 Å². The Bertz CT molecular complexity index is 571. The lowest BCUT2D eigenvalue weighted by Crippen LogP contribution is -2.52. The summed E-state index contributed by atoms with van der Waals surface area (Å²) in [5.74, 6) is 3.49. The minimum Gasteiger partial charge on any atom is -0.363 e. The predicted octanol–water partition coefficient (Wildman–Crippen LogP) is 6.44. The highest BCUT2D eigenvalue weighted by Gasteiger charge is 2.41. The van der Waals surface area contributed by atoms with Gasteiger partial charge in [-0.1, -0.05) is 38.5 Å². The Morgan fingerprint density at radius 2 is 1.00 bits per heavy atom. The largest absolute Gasteiger partial charge is 0.363 e. The Labute approximate surface area is 204 Å². The number of rotatable bonds is 4. The van der Waals surface area contributed by atoms with Crippen LogP contribution in [0.4, 0.5) is 0 Å². The Morgan fingerprint density at radius 3 is 1.45 bits per heavy atom. The zero-order valence-electron chi connectivity index (χ0n) is 21.2. The van der Waals surface area contributed by atoms with Crippen molar-refractivity contribution in [3.05, 3.63) is 0 Å². The van der Waals surface area contributed by atoms with Crippen LogP contribution in [-0.2, 0) is 9.47 Å². The third kappa shape index (κ3) is 5.49. The van der Waals surface area contributed by atoms with Gasteiger partial charge in [-0.2, -0.15) is 0 Å². The van der Waals surface area contributed by atoms with Crippen LogP contribution in [0.3, 0.4) is 0 Å². The topological polar surface area (TPSA) is 24.9 Å². The Hall–Kier alpha value is -0.160. The summed E-state index contributed by atoms with van der Waals surface area (Å²) in [5, 5.41) is 0. The average molecular weight is 461 g/mol. The molecular formula is C29H52N2O2. The van der Waals surface area contributed by atoms with Gasteiger partial charge < -0.3 is 9.47 Å². The van der Waals surface area contributed by atoms with Crippen molar-refractivity contribution in [2.24, 2.45) is 23.7 Å². The smallest absolute Gasteiger partial charge is 0.0996 e. The maximum absolute atomic E-state index is 6.43. The quantitative estimate of drug-likeness (QED) is 0.482. The molecule has 0 aromatic carbocycles. The maximum Gasteiger partial charge on any atom is 0.0996 e. The third-order valence-electron chi connectivity index (χ3n) is 10.7. The van der Waals surface area contributed by atoms with Crippen LogP contribution in [0.1, 0.15) is 111 Å². The Kier molecular flexibility index (Phi) is 7.64. The molecule has 6 atom stereocenters. The van der Waals surface area contributed by atoms with Gasteiger partial charge in [0.25, 0.3) is 0 Å². The van der Waals surface area contributed by atoms with Gasteiger partial charge in [-0.25, -0.2) is 0 Å². The van der Waals surface area contributed by atoms with Crippen molar-refractivity contribution in [3.63, 3.8) is 0 Å². The van der Waals surface area contributed by atoms with E-state index in [-0.39, 0.29) is 1.43 Å². The standard InChI is InChI=1S/C29H50N2O2.H2/c1-3-7-26(8-4-1)30-18-24-16-22(11-13-28(24)32-20-30)15-23-12-14-29-25(17-23)19-31(21-33-29)27-9-5-2-6-10-27;/h22-29H,1-21H2;1H. The number of fused-ring (bicyclic) bond motifs is 2. The Balaban J connectivity index is 0.00000241. The molecule has 33 heavy (non-hydrogen) atoms. The molecule has 0 radical (unpaired) electrons. The lowest BCUT2D eigenvalue weighted by Gasteiger charge is -2.48. The molecule has 4 aliphatic carbocycles. The van der Waals surface area contributed by atoms with E-state index in [1.807, 2.05) is 0 Å². The highest BCUT2D eigenvalue weighted by Crippen LogP contribution is 2.43. The monoisotopic (exact) mass is 460 g/mol. The lowest BCUT2D eigenvalue weighted by atomic mass is 9.70. The maximum atomic E-state index is 6.43. The van der Waals surface area contributed by atoms with Crippen molar-refractivity contribution in [1.29, 1.82) is 0 Å². The second kappa shape index (κ2) is 10.8. The van der Waals surface area contributed by atoms with Gasteiger partial charge in [-0.3, -0.25) is 9.80 Å². The van der Waals surface area contributed by atoms with E-state index in [1.165, 1.54) is 122 Å². The van der Waals surface area contributed by atoms with Crippen molar-refractivity contribution in [2.75, 3.05) is 26.6 Å². The molecule has 4 nitrogen and oxygen atoms in total. The molecule has 0 aromatic heterocycles. The van der Waals surface area contributed by atoms with Gasteiger partial charge in [0.15, 0.2) is 0 Å². The first-order valence-electron chi connectivity index (χ1n) is 15.0. The zero-order chi connectivity index (χ0) is 22.0. The summed E-state index contributed by atoms with van der Waals surface area (Å²) in [6, 6.07) is 1.63. The fourth-order valence-corrected chi connectivity index (χ4v) is 8.88. The molecular weight excluding hydrogens is 408 g/mol. The van der Waals surface area contributed by atoms with E-state index in [0.29, 0.717) is 12.2 Å². The molecule has 6 unspecified atom stereocenters. The number of ether oxygens (including phenoxy) is 2. The van der Waals surface area contributed by atoms with E-state index in [2.05, 4.69) is 9.80 Å². The van der Waals surface area contributed by atoms with Gasteiger partial charge in [-0.05, 0) is 94.3 Å². The van der Waals surface area contributed by atoms with Crippen LogP contribution in [0.5, 0.6) is 0 Å². The van der Waals surface area contributed by atoms with E-state index >= 15 is 0 Å². The predicted molar refractivity (Wildman–Crippen MR) is 135 cm³/mol. The minimum absolute atomic E-state index is 0. The fraction of sp³-hybridized carbons (Fsp3) is 1.00. The molecule has 0 aromatic rings. The van der Waals surface area contributed by atoms with Gasteiger partial charge in [-0.15, -0.1) is 0 Å². The van der Waals surface area contributed by atoms with Crippen LogP contribution in [0.25, 0.3) is 0 Å². The molecule has 190 valence electrons. The molecule has 2 aliphatic heterocycles. The summed E-state index contributed by atoms with van der Waals surface area (Å²) in [7, 11) is 0. The Morgan fingerprint density at radius 1 is 0.545 bits per heavy atom. The molecule has 0 N–H and O–H groups in total. The molecule has 0 bridgehead atoms. The first kappa shape index (κ1) is 23.3. The van der Waals surface area contributed by atoms with E-state index in [0.717, 1.165) is 49.2 Å². The van der Waals surface area contributed by atoms with E-state index in [9.17, 15) is 0 Å². The van der Waals surface area contributed by atoms with Crippen molar-refractivity contribution in [1.82, 2.24) is 9.80 Å². The molecule has 6 rings (SSSR count). The summed E-state index contributed by atoms with van der Waals surface area (Å²) in [6.45, 7) is 4.48. The zero-order valence-corrected chi connectivity index (χ0v) is 21.2. The first-order valence-corrected chi connectivity index (χ1v) is 15.0. The van der Waals surface area contributed by atoms with Crippen LogP contribution in [0.15, 0.2) is 0 Å². The van der Waals surface area contributed by atoms with Crippen LogP contribution in [0.2, 0.25) is 0 Å². The molecule has 2 saturated heterocycles. The molecule has 2 heterocycles. The van der Waals surface area contributed by atoms with E-state index < -0.39 is 0 Å². The lowest BCUT2D eigenvalue weighted by molar-refractivity contribution is -0.146. The summed E-state index contributed by atoms with van der Waals surface area (Å²) in [6.07, 6.45) is 25.2. The summed E-state index contributed by atoms with van der Waals surface area (Å²) in [5.41, 5.74) is 0. The summed E-state index contributed by atoms with van der Waals surface area (Å²) in [4.78, 5) is 5.46. The van der Waals surface area contributed by atoms with Crippen molar-refractivity contribution in [3.8, 4) is 0 Å². The van der Waals surface area contributed by atoms with Crippen molar-refractivity contribution in [2.45, 2.75) is 133 Å². The summed E-state index contributed by atoms with van der Waals surface area (Å²) < 4.78 is 12.9. The average Bonchev–Trinajstić information content (AvgIpc) is 2.89. The van der Waals surface area contributed by atoms with Crippen molar-refractivity contribution >= 4 is 0 Å². The van der Waals surface area contributed by atoms with Gasteiger partial charge >= 0.3 is 0 Å². The number of hydrogen-bond acceptors (Lipinski definition) is 4. The molecule has 4 heteroatoms. The first-order chi connectivity index (χ1) is 16.3. The van der Waals surface area contributed by atoms with E-state index in [4.69, 9.17) is 9.47 Å². The number of hydrogen-bond donors (Lipinski definition) is 0. The van der Waals surface area contributed by atoms with Crippen molar-refractivity contribution < 1.29 is 10.9 Å². The molecule has 6 aliphatic rings. The van der Waals surface area contributed by atoms with Crippen LogP contribution in [0, 0.1) is 23.7 Å². The molecule has 4 saturated carbocycles. The van der Waals surface area contributed by atoms with Gasteiger partial charge in [0, 0.05) is 26.6 Å². The second-order valence-electron chi connectivity index (χ2n) is 12.9. The third-order valence-corrected chi connectivity index (χ3v) is 10.7. The second-order valence-corrected chi connectivity index (χ2v) is 12.9. The molecule has 0 amide bonds. The van der Waals surface area contributed by atoms with Crippen LogP contribution < -0.4 is 0 Å². The highest BCUT2D eigenvalue weighted by atomic mass is 16.5. The minimum atomic E-state index is 0. The molecule has 0 spiro atoms. The van der Waals surface area contributed by atoms with E-state index in [1.54, 1.807) is 0 Å². The van der Waals surface area contributed by atoms with Gasteiger partial charge in [0.2, 0.25) is 0 Å². The van der Waals surface area contributed by atoms with Crippen LogP contribution in [-0.4, -0.2) is 60.6 Å². The normalized spacial score (nSPS) is 42.5.